The van der Waals surface area contributed by atoms with Crippen LogP contribution in [0.1, 0.15) is 12.8 Å². The SMILES string of the molecule is COc1cc(NCCN(C)C2CC2)ncn1. The van der Waals surface area contributed by atoms with Gasteiger partial charge in [0.2, 0.25) is 5.88 Å². The maximum atomic E-state index is 5.03. The number of methoxy groups -OCH3 is 1. The fraction of sp³-hybridized carbons (Fsp3) is 0.636. The van der Waals surface area contributed by atoms with E-state index >= 15 is 0 Å². The van der Waals surface area contributed by atoms with Crippen LogP contribution in [0, 0.1) is 0 Å². The molecule has 0 aromatic carbocycles. The van der Waals surface area contributed by atoms with Crippen LogP contribution in [0.25, 0.3) is 0 Å². The van der Waals surface area contributed by atoms with Gasteiger partial charge in [0, 0.05) is 25.2 Å². The van der Waals surface area contributed by atoms with E-state index in [4.69, 9.17) is 4.74 Å². The van der Waals surface area contributed by atoms with E-state index in [2.05, 4.69) is 27.2 Å². The van der Waals surface area contributed by atoms with Crippen LogP contribution in [0.15, 0.2) is 12.4 Å². The summed E-state index contributed by atoms with van der Waals surface area (Å²) in [5.41, 5.74) is 0. The lowest BCUT2D eigenvalue weighted by Crippen LogP contribution is -2.27. The largest absolute Gasteiger partial charge is 0.481 e. The average Bonchev–Trinajstić information content (AvgIpc) is 3.13. The van der Waals surface area contributed by atoms with Crippen molar-refractivity contribution >= 4 is 5.82 Å². The van der Waals surface area contributed by atoms with Gasteiger partial charge in [-0.3, -0.25) is 0 Å². The van der Waals surface area contributed by atoms with Crippen LogP contribution < -0.4 is 10.1 Å². The van der Waals surface area contributed by atoms with Gasteiger partial charge in [-0.1, -0.05) is 0 Å². The van der Waals surface area contributed by atoms with Crippen LogP contribution >= 0.6 is 0 Å². The Hall–Kier alpha value is -1.36. The first kappa shape index (κ1) is 11.1. The van der Waals surface area contributed by atoms with Crippen molar-refractivity contribution in [2.75, 3.05) is 32.6 Å². The second-order valence-electron chi connectivity index (χ2n) is 4.08. The van der Waals surface area contributed by atoms with E-state index in [1.165, 1.54) is 19.2 Å². The van der Waals surface area contributed by atoms with Crippen LogP contribution in [0.4, 0.5) is 5.82 Å². The van der Waals surface area contributed by atoms with Crippen molar-refractivity contribution in [1.29, 1.82) is 0 Å². The fourth-order valence-corrected chi connectivity index (χ4v) is 1.61. The summed E-state index contributed by atoms with van der Waals surface area (Å²) < 4.78 is 5.03. The lowest BCUT2D eigenvalue weighted by Gasteiger charge is -2.15. The molecule has 1 fully saturated rings. The zero-order chi connectivity index (χ0) is 11.4. The van der Waals surface area contributed by atoms with E-state index in [0.717, 1.165) is 24.9 Å². The van der Waals surface area contributed by atoms with E-state index in [1.807, 2.05) is 0 Å². The van der Waals surface area contributed by atoms with Crippen LogP contribution in [-0.4, -0.2) is 48.2 Å². The number of anilines is 1. The standard InChI is InChI=1S/C11H18N4O/c1-15(9-3-4-9)6-5-12-10-7-11(16-2)14-8-13-10/h7-9H,3-6H2,1-2H3,(H,12,13,14). The third-order valence-electron chi connectivity index (χ3n) is 2.79. The molecule has 1 aliphatic carbocycles. The van der Waals surface area contributed by atoms with Crippen molar-refractivity contribution < 1.29 is 4.74 Å². The van der Waals surface area contributed by atoms with Crippen molar-refractivity contribution in [2.45, 2.75) is 18.9 Å². The second kappa shape index (κ2) is 5.12. The summed E-state index contributed by atoms with van der Waals surface area (Å²) in [6, 6.07) is 2.61. The Kier molecular flexibility index (Phi) is 3.56. The Morgan fingerprint density at radius 3 is 3.00 bits per heavy atom. The van der Waals surface area contributed by atoms with Gasteiger partial charge in [-0.05, 0) is 19.9 Å². The summed E-state index contributed by atoms with van der Waals surface area (Å²) in [6.45, 7) is 1.93. The molecule has 5 nitrogen and oxygen atoms in total. The second-order valence-corrected chi connectivity index (χ2v) is 4.08. The van der Waals surface area contributed by atoms with E-state index in [-0.39, 0.29) is 0 Å². The molecule has 2 rings (SSSR count). The summed E-state index contributed by atoms with van der Waals surface area (Å²) in [7, 11) is 3.77. The molecule has 0 amide bonds. The number of likely N-dealkylation sites (N-methyl/N-ethyl adjacent to an activating group) is 1. The highest BCUT2D eigenvalue weighted by Crippen LogP contribution is 2.24. The predicted octanol–water partition coefficient (Wildman–Crippen LogP) is 0.991. The van der Waals surface area contributed by atoms with Crippen LogP contribution in [-0.2, 0) is 0 Å². The first-order valence-corrected chi connectivity index (χ1v) is 5.60. The molecule has 1 aliphatic rings. The molecule has 16 heavy (non-hydrogen) atoms. The number of hydrogen-bond acceptors (Lipinski definition) is 5. The predicted molar refractivity (Wildman–Crippen MR) is 62.7 cm³/mol. The van der Waals surface area contributed by atoms with Crippen molar-refractivity contribution in [2.24, 2.45) is 0 Å². The summed E-state index contributed by atoms with van der Waals surface area (Å²) in [5.74, 6) is 1.41. The van der Waals surface area contributed by atoms with Gasteiger partial charge in [-0.25, -0.2) is 9.97 Å². The maximum absolute atomic E-state index is 5.03. The Morgan fingerprint density at radius 1 is 1.50 bits per heavy atom. The van der Waals surface area contributed by atoms with Crippen molar-refractivity contribution in [3.8, 4) is 5.88 Å². The molecule has 1 heterocycles. The molecule has 0 atom stereocenters. The monoisotopic (exact) mass is 222 g/mol. The summed E-state index contributed by atoms with van der Waals surface area (Å²) >= 11 is 0. The van der Waals surface area contributed by atoms with Gasteiger partial charge in [0.15, 0.2) is 0 Å². The molecule has 0 aliphatic heterocycles. The fourth-order valence-electron chi connectivity index (χ4n) is 1.61. The minimum atomic E-state index is 0.591. The molecule has 5 heteroatoms. The van der Waals surface area contributed by atoms with Gasteiger partial charge in [0.25, 0.3) is 0 Å². The number of ether oxygens (including phenoxy) is 1. The van der Waals surface area contributed by atoms with Crippen molar-refractivity contribution in [1.82, 2.24) is 14.9 Å². The van der Waals surface area contributed by atoms with E-state index < -0.39 is 0 Å². The Bertz CT molecular complexity index is 341. The Labute approximate surface area is 95.8 Å². The molecule has 1 N–H and O–H groups in total. The van der Waals surface area contributed by atoms with Crippen molar-refractivity contribution in [3.63, 3.8) is 0 Å². The zero-order valence-corrected chi connectivity index (χ0v) is 9.81. The third kappa shape index (κ3) is 3.06. The number of rotatable bonds is 6. The minimum absolute atomic E-state index is 0.591. The lowest BCUT2D eigenvalue weighted by molar-refractivity contribution is 0.337. The first-order chi connectivity index (χ1) is 7.79. The van der Waals surface area contributed by atoms with Gasteiger partial charge in [0.1, 0.15) is 12.1 Å². The molecule has 0 unspecified atom stereocenters. The molecular weight excluding hydrogens is 204 g/mol. The molecule has 1 saturated carbocycles. The molecule has 0 radical (unpaired) electrons. The normalized spacial score (nSPS) is 15.2. The number of aromatic nitrogens is 2. The van der Waals surface area contributed by atoms with E-state index in [9.17, 15) is 0 Å². The molecule has 1 aromatic rings. The van der Waals surface area contributed by atoms with Crippen LogP contribution in [0.5, 0.6) is 5.88 Å². The van der Waals surface area contributed by atoms with Gasteiger partial charge >= 0.3 is 0 Å². The van der Waals surface area contributed by atoms with E-state index in [0.29, 0.717) is 5.88 Å². The quantitative estimate of drug-likeness (QED) is 0.778. The Balaban J connectivity index is 1.75. The van der Waals surface area contributed by atoms with Crippen LogP contribution in [0.3, 0.4) is 0 Å². The number of hydrogen-bond donors (Lipinski definition) is 1. The van der Waals surface area contributed by atoms with Gasteiger partial charge < -0.3 is 15.0 Å². The topological polar surface area (TPSA) is 50.3 Å². The molecular formula is C11H18N4O. The zero-order valence-electron chi connectivity index (χ0n) is 9.81. The number of nitrogens with one attached hydrogen (secondary N) is 1. The summed E-state index contributed by atoms with van der Waals surface area (Å²) in [6.07, 6.45) is 4.20. The first-order valence-electron chi connectivity index (χ1n) is 5.60. The molecule has 0 bridgehead atoms. The number of nitrogens with zero attached hydrogens (tertiary/aromatic N) is 3. The summed E-state index contributed by atoms with van der Waals surface area (Å²) in [5, 5.41) is 3.26. The molecule has 0 saturated heterocycles. The smallest absolute Gasteiger partial charge is 0.218 e. The molecule has 1 aromatic heterocycles. The van der Waals surface area contributed by atoms with Crippen molar-refractivity contribution in [3.05, 3.63) is 12.4 Å². The lowest BCUT2D eigenvalue weighted by atomic mass is 10.5. The van der Waals surface area contributed by atoms with Gasteiger partial charge in [0.05, 0.1) is 7.11 Å². The summed E-state index contributed by atoms with van der Waals surface area (Å²) in [4.78, 5) is 10.5. The Morgan fingerprint density at radius 2 is 2.31 bits per heavy atom. The highest BCUT2D eigenvalue weighted by molar-refractivity contribution is 5.36. The highest BCUT2D eigenvalue weighted by atomic mass is 16.5. The molecule has 88 valence electrons. The third-order valence-corrected chi connectivity index (χ3v) is 2.79. The highest BCUT2D eigenvalue weighted by Gasteiger charge is 2.25. The van der Waals surface area contributed by atoms with Crippen LogP contribution in [0.2, 0.25) is 0 Å². The molecule has 0 spiro atoms. The van der Waals surface area contributed by atoms with E-state index in [1.54, 1.807) is 13.2 Å². The average molecular weight is 222 g/mol. The maximum Gasteiger partial charge on any atom is 0.218 e. The van der Waals surface area contributed by atoms with Gasteiger partial charge in [-0.15, -0.1) is 0 Å². The van der Waals surface area contributed by atoms with Gasteiger partial charge in [-0.2, -0.15) is 0 Å². The minimum Gasteiger partial charge on any atom is -0.481 e.